The fourth-order valence-electron chi connectivity index (χ4n) is 8.74. The zero-order valence-electron chi connectivity index (χ0n) is 22.0. The van der Waals surface area contributed by atoms with Gasteiger partial charge in [0.25, 0.3) is 0 Å². The number of anilines is 1. The number of rotatable bonds is 4. The molecule has 1 spiro atoms. The highest BCUT2D eigenvalue weighted by Crippen LogP contribution is 2.66. The molecule has 1 aliphatic heterocycles. The number of hydrogen-bond donors (Lipinski definition) is 1. The van der Waals surface area contributed by atoms with Gasteiger partial charge in [0.15, 0.2) is 5.79 Å². The van der Waals surface area contributed by atoms with Gasteiger partial charge in [-0.25, -0.2) is 0 Å². The van der Waals surface area contributed by atoms with E-state index in [0.29, 0.717) is 43.5 Å². The average molecular weight is 482 g/mol. The maximum absolute atomic E-state index is 12.1. The summed E-state index contributed by atoms with van der Waals surface area (Å²) in [4.78, 5) is 2.16. The fourth-order valence-corrected chi connectivity index (χ4v) is 8.74. The van der Waals surface area contributed by atoms with Crippen molar-refractivity contribution in [1.82, 2.24) is 0 Å². The largest absolute Gasteiger partial charge is 0.385 e. The van der Waals surface area contributed by atoms with Crippen molar-refractivity contribution in [2.45, 2.75) is 88.6 Å². The van der Waals surface area contributed by atoms with E-state index in [1.165, 1.54) is 23.2 Å². The molecule has 5 nitrogen and oxygen atoms in total. The van der Waals surface area contributed by atoms with Crippen LogP contribution in [-0.2, 0) is 14.2 Å². The molecule has 1 heterocycles. The van der Waals surface area contributed by atoms with Crippen LogP contribution in [0.3, 0.4) is 0 Å². The second kappa shape index (κ2) is 8.58. The first-order valence-corrected chi connectivity index (χ1v) is 13.9. The molecule has 0 bridgehead atoms. The summed E-state index contributed by atoms with van der Waals surface area (Å²) in [5.41, 5.74) is 4.88. The summed E-state index contributed by atoms with van der Waals surface area (Å²) in [6.07, 6.45) is 8.04. The number of hydrogen-bond acceptors (Lipinski definition) is 5. The van der Waals surface area contributed by atoms with Crippen LogP contribution in [0.4, 0.5) is 5.69 Å². The first kappa shape index (κ1) is 24.0. The monoisotopic (exact) mass is 481 g/mol. The molecule has 5 aliphatic rings. The van der Waals surface area contributed by atoms with Gasteiger partial charge in [0.1, 0.15) is 0 Å². The van der Waals surface area contributed by atoms with E-state index in [-0.39, 0.29) is 5.41 Å². The molecule has 1 aromatic carbocycles. The van der Waals surface area contributed by atoms with Crippen LogP contribution < -0.4 is 4.90 Å². The molecular formula is C30H43NO4. The molecule has 3 saturated carbocycles. The Morgan fingerprint density at radius 3 is 2.49 bits per heavy atom. The van der Waals surface area contributed by atoms with Crippen LogP contribution >= 0.6 is 0 Å². The van der Waals surface area contributed by atoms with Crippen LogP contribution in [0.1, 0.15) is 76.7 Å². The second-order valence-corrected chi connectivity index (χ2v) is 12.3. The second-order valence-electron chi connectivity index (χ2n) is 12.3. The normalized spacial score (nSPS) is 39.9. The highest BCUT2D eigenvalue weighted by Gasteiger charge is 2.60. The van der Waals surface area contributed by atoms with E-state index in [0.717, 1.165) is 45.1 Å². The lowest BCUT2D eigenvalue weighted by Gasteiger charge is -2.56. The standard InChI is InChI=1S/C30H43NO4/c1-5-33-26-11-10-24-22-12-14-29(32)19-30(34-16-17-35-30)15-13-25(29)27(22)23(18-28(24,26)2)20-6-8-21(9-7-20)31(3)4/h6-9,22-24,26,32H,5,10-19H2,1-4H3/t22-,23?,24-,26?,28-,29?/m0/s1. The molecule has 35 heavy (non-hydrogen) atoms. The SMILES string of the molecule is CCOC1CC[C@H]2[C@@H]3CCC4(O)CC5(CCC4=C3C(c3ccc(N(C)C)cc3)C[C@]12C)OCCO5. The lowest BCUT2D eigenvalue weighted by atomic mass is 9.51. The topological polar surface area (TPSA) is 51.2 Å². The highest BCUT2D eigenvalue weighted by molar-refractivity contribution is 5.50. The minimum atomic E-state index is -0.804. The fraction of sp³-hybridized carbons (Fsp3) is 0.733. The van der Waals surface area contributed by atoms with Crippen LogP contribution in [-0.4, -0.2) is 56.5 Å². The molecule has 192 valence electrons. The van der Waals surface area contributed by atoms with Gasteiger partial charge in [0.05, 0.1) is 24.9 Å². The van der Waals surface area contributed by atoms with E-state index >= 15 is 0 Å². The van der Waals surface area contributed by atoms with Crippen molar-refractivity contribution in [3.63, 3.8) is 0 Å². The molecule has 6 rings (SSSR count). The van der Waals surface area contributed by atoms with E-state index in [2.05, 4.69) is 57.1 Å². The van der Waals surface area contributed by atoms with Gasteiger partial charge in [0.2, 0.25) is 0 Å². The molecule has 6 atom stereocenters. The molecule has 4 fully saturated rings. The maximum Gasteiger partial charge on any atom is 0.171 e. The molecule has 4 aliphatic carbocycles. The lowest BCUT2D eigenvalue weighted by molar-refractivity contribution is -0.208. The summed E-state index contributed by atoms with van der Waals surface area (Å²) in [5, 5.41) is 12.1. The Kier molecular flexibility index (Phi) is 5.87. The molecule has 1 aromatic rings. The summed E-state index contributed by atoms with van der Waals surface area (Å²) in [7, 11) is 4.19. The number of fused-ring (bicyclic) bond motifs is 4. The summed E-state index contributed by atoms with van der Waals surface area (Å²) in [6.45, 7) is 6.71. The van der Waals surface area contributed by atoms with Gasteiger partial charge in [-0.2, -0.15) is 0 Å². The Bertz CT molecular complexity index is 981. The van der Waals surface area contributed by atoms with E-state index < -0.39 is 11.4 Å². The summed E-state index contributed by atoms with van der Waals surface area (Å²) in [6, 6.07) is 9.17. The quantitative estimate of drug-likeness (QED) is 0.582. The van der Waals surface area contributed by atoms with E-state index in [1.807, 2.05) is 0 Å². The van der Waals surface area contributed by atoms with Gasteiger partial charge in [-0.15, -0.1) is 0 Å². The van der Waals surface area contributed by atoms with Crippen LogP contribution in [0.2, 0.25) is 0 Å². The number of nitrogens with zero attached hydrogens (tertiary/aromatic N) is 1. The molecule has 1 N–H and O–H groups in total. The predicted molar refractivity (Wildman–Crippen MR) is 138 cm³/mol. The zero-order valence-corrected chi connectivity index (χ0v) is 22.0. The summed E-state index contributed by atoms with van der Waals surface area (Å²) < 4.78 is 18.5. The molecule has 0 amide bonds. The maximum atomic E-state index is 12.1. The third kappa shape index (κ3) is 3.72. The van der Waals surface area contributed by atoms with Gasteiger partial charge in [0, 0.05) is 45.1 Å². The first-order chi connectivity index (χ1) is 16.8. The highest BCUT2D eigenvalue weighted by atomic mass is 16.7. The molecular weight excluding hydrogens is 438 g/mol. The van der Waals surface area contributed by atoms with E-state index in [9.17, 15) is 5.11 Å². The zero-order chi connectivity index (χ0) is 24.4. The Hall–Kier alpha value is -1.40. The van der Waals surface area contributed by atoms with Crippen molar-refractivity contribution >= 4 is 5.69 Å². The van der Waals surface area contributed by atoms with Crippen LogP contribution in [0.5, 0.6) is 0 Å². The Morgan fingerprint density at radius 1 is 1.06 bits per heavy atom. The first-order valence-electron chi connectivity index (χ1n) is 13.9. The number of benzene rings is 1. The van der Waals surface area contributed by atoms with Crippen molar-refractivity contribution in [2.24, 2.45) is 17.3 Å². The van der Waals surface area contributed by atoms with E-state index in [4.69, 9.17) is 14.2 Å². The van der Waals surface area contributed by atoms with Crippen molar-refractivity contribution < 1.29 is 19.3 Å². The number of aliphatic hydroxyl groups is 1. The van der Waals surface area contributed by atoms with Gasteiger partial charge in [-0.05, 0) is 86.0 Å². The van der Waals surface area contributed by atoms with E-state index in [1.54, 1.807) is 5.57 Å². The average Bonchev–Trinajstić information content (AvgIpc) is 3.42. The van der Waals surface area contributed by atoms with Gasteiger partial charge < -0.3 is 24.2 Å². The Morgan fingerprint density at radius 2 is 1.80 bits per heavy atom. The molecule has 0 radical (unpaired) electrons. The molecule has 5 heteroatoms. The van der Waals surface area contributed by atoms with Gasteiger partial charge >= 0.3 is 0 Å². The van der Waals surface area contributed by atoms with Crippen molar-refractivity contribution in [2.75, 3.05) is 38.8 Å². The minimum absolute atomic E-state index is 0.179. The predicted octanol–water partition coefficient (Wildman–Crippen LogP) is 5.43. The van der Waals surface area contributed by atoms with Crippen molar-refractivity contribution in [1.29, 1.82) is 0 Å². The molecule has 0 aromatic heterocycles. The van der Waals surface area contributed by atoms with Crippen molar-refractivity contribution in [3.8, 4) is 0 Å². The Labute approximate surface area is 210 Å². The number of ether oxygens (including phenoxy) is 3. The van der Waals surface area contributed by atoms with Crippen LogP contribution in [0.15, 0.2) is 35.4 Å². The molecule has 1 saturated heterocycles. The smallest absolute Gasteiger partial charge is 0.171 e. The summed E-state index contributed by atoms with van der Waals surface area (Å²) in [5.74, 6) is 0.927. The number of allylic oxidation sites excluding steroid dienone is 1. The van der Waals surface area contributed by atoms with Crippen LogP contribution in [0, 0.1) is 17.3 Å². The summed E-state index contributed by atoms with van der Waals surface area (Å²) >= 11 is 0. The van der Waals surface area contributed by atoms with Crippen LogP contribution in [0.25, 0.3) is 0 Å². The van der Waals surface area contributed by atoms with Gasteiger partial charge in [-0.3, -0.25) is 0 Å². The lowest BCUT2D eigenvalue weighted by Crippen LogP contribution is -2.53. The van der Waals surface area contributed by atoms with Crippen molar-refractivity contribution in [3.05, 3.63) is 41.0 Å². The minimum Gasteiger partial charge on any atom is -0.385 e. The third-order valence-corrected chi connectivity index (χ3v) is 10.3. The molecule has 3 unspecified atom stereocenters. The third-order valence-electron chi connectivity index (χ3n) is 10.3. The Balaban J connectivity index is 1.44. The van der Waals surface area contributed by atoms with Gasteiger partial charge in [-0.1, -0.05) is 24.6 Å².